The summed E-state index contributed by atoms with van der Waals surface area (Å²) in [5.41, 5.74) is 6.85. The number of carbonyl (C=O) groups is 3. The van der Waals surface area contributed by atoms with Crippen LogP contribution >= 0.6 is 0 Å². The standard InChI is InChI=1S/C18H22N4O5/c1-4-26-17(24)16(18(25)27-5-2)22-19-13-8-6-12(7-9-13)15-11(3)10-14(23)20-21-15/h6-9,11,19H,4-5,10H2,1-3H3,(H,20,23). The van der Waals surface area contributed by atoms with E-state index >= 15 is 0 Å². The molecule has 1 atom stereocenters. The monoisotopic (exact) mass is 374 g/mol. The maximum atomic E-state index is 11.9. The first kappa shape index (κ1) is 20.1. The molecule has 0 aliphatic carbocycles. The number of hydrogen-bond acceptors (Lipinski definition) is 8. The number of amides is 1. The van der Waals surface area contributed by atoms with E-state index in [4.69, 9.17) is 9.47 Å². The van der Waals surface area contributed by atoms with Gasteiger partial charge in [-0.3, -0.25) is 10.2 Å². The molecule has 2 rings (SSSR count). The van der Waals surface area contributed by atoms with E-state index in [0.717, 1.165) is 11.3 Å². The average molecular weight is 374 g/mol. The van der Waals surface area contributed by atoms with Crippen molar-refractivity contribution in [2.24, 2.45) is 16.1 Å². The van der Waals surface area contributed by atoms with Gasteiger partial charge < -0.3 is 9.47 Å². The van der Waals surface area contributed by atoms with Crippen LogP contribution in [0.2, 0.25) is 0 Å². The first-order valence-corrected chi connectivity index (χ1v) is 8.61. The van der Waals surface area contributed by atoms with Gasteiger partial charge in [-0.25, -0.2) is 15.0 Å². The van der Waals surface area contributed by atoms with Gasteiger partial charge in [0.1, 0.15) is 0 Å². The Hall–Kier alpha value is -3.23. The van der Waals surface area contributed by atoms with Crippen molar-refractivity contribution in [3.05, 3.63) is 29.8 Å². The zero-order chi connectivity index (χ0) is 19.8. The molecular weight excluding hydrogens is 352 g/mol. The molecule has 1 aliphatic heterocycles. The fourth-order valence-corrected chi connectivity index (χ4v) is 2.41. The highest BCUT2D eigenvalue weighted by atomic mass is 16.6. The minimum Gasteiger partial charge on any atom is -0.461 e. The second kappa shape index (κ2) is 9.46. The summed E-state index contributed by atoms with van der Waals surface area (Å²) < 4.78 is 9.64. The van der Waals surface area contributed by atoms with Crippen LogP contribution in [-0.2, 0) is 23.9 Å². The van der Waals surface area contributed by atoms with E-state index in [1.807, 2.05) is 6.92 Å². The molecule has 1 heterocycles. The number of hydrazone groups is 2. The maximum absolute atomic E-state index is 11.9. The second-order valence-corrected chi connectivity index (χ2v) is 5.73. The van der Waals surface area contributed by atoms with Crippen molar-refractivity contribution < 1.29 is 23.9 Å². The van der Waals surface area contributed by atoms with Gasteiger partial charge in [0, 0.05) is 12.3 Å². The molecule has 1 amide bonds. The van der Waals surface area contributed by atoms with Crippen LogP contribution in [0.25, 0.3) is 0 Å². The van der Waals surface area contributed by atoms with Crippen LogP contribution in [0.3, 0.4) is 0 Å². The van der Waals surface area contributed by atoms with Crippen LogP contribution in [0.1, 0.15) is 32.8 Å². The molecule has 9 heteroatoms. The molecule has 1 aromatic rings. The first-order chi connectivity index (χ1) is 13.0. The fraction of sp³-hybridized carbons (Fsp3) is 0.389. The van der Waals surface area contributed by atoms with E-state index in [1.54, 1.807) is 38.1 Å². The van der Waals surface area contributed by atoms with Crippen LogP contribution in [0.4, 0.5) is 5.69 Å². The van der Waals surface area contributed by atoms with Gasteiger partial charge in [0.15, 0.2) is 0 Å². The Morgan fingerprint density at radius 2 is 1.78 bits per heavy atom. The number of anilines is 1. The minimum absolute atomic E-state index is 0.00908. The predicted octanol–water partition coefficient (Wildman–Crippen LogP) is 1.44. The normalized spacial score (nSPS) is 15.9. The Labute approximate surface area is 156 Å². The molecule has 1 aromatic carbocycles. The number of rotatable bonds is 7. The van der Waals surface area contributed by atoms with Crippen molar-refractivity contribution in [1.82, 2.24) is 5.43 Å². The van der Waals surface area contributed by atoms with Crippen LogP contribution in [0, 0.1) is 5.92 Å². The zero-order valence-corrected chi connectivity index (χ0v) is 15.4. The lowest BCUT2D eigenvalue weighted by Crippen LogP contribution is -2.31. The van der Waals surface area contributed by atoms with Gasteiger partial charge in [-0.05, 0) is 31.5 Å². The molecule has 0 saturated carbocycles. The van der Waals surface area contributed by atoms with Crippen LogP contribution in [0.15, 0.2) is 34.5 Å². The topological polar surface area (TPSA) is 118 Å². The molecule has 0 fully saturated rings. The van der Waals surface area contributed by atoms with Crippen molar-refractivity contribution in [3.8, 4) is 0 Å². The molecular formula is C18H22N4O5. The van der Waals surface area contributed by atoms with Crippen LogP contribution in [-0.4, -0.2) is 42.5 Å². The molecule has 0 spiro atoms. The minimum atomic E-state index is -0.860. The third kappa shape index (κ3) is 5.37. The highest BCUT2D eigenvalue weighted by molar-refractivity contribution is 6.62. The van der Waals surface area contributed by atoms with Gasteiger partial charge in [-0.15, -0.1) is 0 Å². The summed E-state index contributed by atoms with van der Waals surface area (Å²) in [7, 11) is 0. The SMILES string of the molecule is CCOC(=O)C(=NNc1ccc(C2=NNC(=O)CC2C)cc1)C(=O)OCC. The Bertz CT molecular complexity index is 750. The van der Waals surface area contributed by atoms with Crippen LogP contribution < -0.4 is 10.9 Å². The highest BCUT2D eigenvalue weighted by Gasteiger charge is 2.24. The Morgan fingerprint density at radius 3 is 2.30 bits per heavy atom. The van der Waals surface area contributed by atoms with Crippen molar-refractivity contribution in [1.29, 1.82) is 0 Å². The second-order valence-electron chi connectivity index (χ2n) is 5.73. The molecule has 0 aromatic heterocycles. The number of ether oxygens (including phenoxy) is 2. The fourth-order valence-electron chi connectivity index (χ4n) is 2.41. The maximum Gasteiger partial charge on any atom is 0.366 e. The molecule has 1 unspecified atom stereocenters. The van der Waals surface area contributed by atoms with Gasteiger partial charge >= 0.3 is 11.9 Å². The van der Waals surface area contributed by atoms with Gasteiger partial charge in [0.05, 0.1) is 24.6 Å². The lowest BCUT2D eigenvalue weighted by atomic mass is 9.94. The molecule has 1 aliphatic rings. The van der Waals surface area contributed by atoms with E-state index in [-0.39, 0.29) is 25.0 Å². The summed E-state index contributed by atoms with van der Waals surface area (Å²) >= 11 is 0. The van der Waals surface area contributed by atoms with Crippen molar-refractivity contribution in [2.45, 2.75) is 27.2 Å². The summed E-state index contributed by atoms with van der Waals surface area (Å²) in [6.07, 6.45) is 0.381. The smallest absolute Gasteiger partial charge is 0.366 e. The lowest BCUT2D eigenvalue weighted by molar-refractivity contribution is -0.140. The summed E-state index contributed by atoms with van der Waals surface area (Å²) in [4.78, 5) is 35.1. The Morgan fingerprint density at radius 1 is 1.19 bits per heavy atom. The quantitative estimate of drug-likeness (QED) is 0.323. The van der Waals surface area contributed by atoms with E-state index in [2.05, 4.69) is 21.1 Å². The molecule has 0 radical (unpaired) electrons. The largest absolute Gasteiger partial charge is 0.461 e. The average Bonchev–Trinajstić information content (AvgIpc) is 2.63. The van der Waals surface area contributed by atoms with E-state index < -0.39 is 17.7 Å². The van der Waals surface area contributed by atoms with Crippen molar-refractivity contribution >= 4 is 35.0 Å². The van der Waals surface area contributed by atoms with Crippen molar-refractivity contribution in [3.63, 3.8) is 0 Å². The van der Waals surface area contributed by atoms with Gasteiger partial charge in [0.25, 0.3) is 5.71 Å². The number of carbonyl (C=O) groups excluding carboxylic acids is 3. The molecule has 0 bridgehead atoms. The number of benzene rings is 1. The molecule has 9 nitrogen and oxygen atoms in total. The van der Waals surface area contributed by atoms with Crippen LogP contribution in [0.5, 0.6) is 0 Å². The van der Waals surface area contributed by atoms with E-state index in [0.29, 0.717) is 12.1 Å². The van der Waals surface area contributed by atoms with E-state index in [1.165, 1.54) is 0 Å². The van der Waals surface area contributed by atoms with Crippen molar-refractivity contribution in [2.75, 3.05) is 18.6 Å². The number of nitrogens with one attached hydrogen (secondary N) is 2. The lowest BCUT2D eigenvalue weighted by Gasteiger charge is -2.19. The van der Waals surface area contributed by atoms with Gasteiger partial charge in [0.2, 0.25) is 5.91 Å². The summed E-state index contributed by atoms with van der Waals surface area (Å²) in [5, 5.41) is 7.93. The van der Waals surface area contributed by atoms with E-state index in [9.17, 15) is 14.4 Å². The summed E-state index contributed by atoms with van der Waals surface area (Å²) in [6, 6.07) is 7.05. The third-order valence-corrected chi connectivity index (χ3v) is 3.67. The Balaban J connectivity index is 2.13. The molecule has 27 heavy (non-hydrogen) atoms. The van der Waals surface area contributed by atoms with Gasteiger partial charge in [-0.1, -0.05) is 19.1 Å². The van der Waals surface area contributed by atoms with Gasteiger partial charge in [-0.2, -0.15) is 10.2 Å². The third-order valence-electron chi connectivity index (χ3n) is 3.67. The summed E-state index contributed by atoms with van der Waals surface area (Å²) in [6.45, 7) is 5.42. The number of nitrogens with zero attached hydrogens (tertiary/aromatic N) is 2. The molecule has 2 N–H and O–H groups in total. The Kier molecular flexibility index (Phi) is 7.04. The molecule has 144 valence electrons. The first-order valence-electron chi connectivity index (χ1n) is 8.61. The predicted molar refractivity (Wildman–Crippen MR) is 99.2 cm³/mol. The summed E-state index contributed by atoms with van der Waals surface area (Å²) in [5.74, 6) is -1.82. The number of hydrogen-bond donors (Lipinski definition) is 2. The molecule has 0 saturated heterocycles. The number of esters is 2. The zero-order valence-electron chi connectivity index (χ0n) is 15.4. The highest BCUT2D eigenvalue weighted by Crippen LogP contribution is 2.18.